The van der Waals surface area contributed by atoms with E-state index in [1.54, 1.807) is 6.07 Å². The highest BCUT2D eigenvalue weighted by Crippen LogP contribution is 2.26. The molecule has 1 N–H and O–H groups in total. The molecule has 0 radical (unpaired) electrons. The van der Waals surface area contributed by atoms with Gasteiger partial charge in [0.05, 0.1) is 0 Å². The average Bonchev–Trinajstić information content (AvgIpc) is 2.25. The van der Waals surface area contributed by atoms with Crippen molar-refractivity contribution in [2.75, 3.05) is 13.7 Å². The quantitative estimate of drug-likeness (QED) is 0.857. The van der Waals surface area contributed by atoms with Gasteiger partial charge < -0.3 is 10.1 Å². The van der Waals surface area contributed by atoms with Crippen molar-refractivity contribution in [1.29, 1.82) is 0 Å². The zero-order valence-corrected chi connectivity index (χ0v) is 10.1. The molecule has 0 aliphatic rings. The smallest absolute Gasteiger partial charge is 0.127 e. The molecule has 0 spiro atoms. The standard InChI is InChI=1S/C12H15ClFNO/c1-8(13)7-16-12-6-10(14)4-5-11(12)9(2)15-3/h4-6,9,15H,1,7H2,2-3H3. The Kier molecular flexibility index (Phi) is 4.77. The van der Waals surface area contributed by atoms with Gasteiger partial charge in [0.15, 0.2) is 0 Å². The first-order chi connectivity index (χ1) is 7.54. The number of ether oxygens (including phenoxy) is 1. The van der Waals surface area contributed by atoms with E-state index in [2.05, 4.69) is 11.9 Å². The first-order valence-corrected chi connectivity index (χ1v) is 5.35. The molecule has 1 atom stereocenters. The number of rotatable bonds is 5. The predicted octanol–water partition coefficient (Wildman–Crippen LogP) is 3.24. The van der Waals surface area contributed by atoms with Crippen molar-refractivity contribution in [1.82, 2.24) is 5.32 Å². The van der Waals surface area contributed by atoms with Crippen LogP contribution in [-0.4, -0.2) is 13.7 Å². The number of hydrogen-bond donors (Lipinski definition) is 1. The van der Waals surface area contributed by atoms with Gasteiger partial charge in [-0.2, -0.15) is 0 Å². The first kappa shape index (κ1) is 13.0. The van der Waals surface area contributed by atoms with Crippen LogP contribution in [0.1, 0.15) is 18.5 Å². The van der Waals surface area contributed by atoms with Crippen LogP contribution in [0.5, 0.6) is 5.75 Å². The summed E-state index contributed by atoms with van der Waals surface area (Å²) in [6.45, 7) is 5.66. The van der Waals surface area contributed by atoms with Gasteiger partial charge in [0.1, 0.15) is 18.2 Å². The molecule has 4 heteroatoms. The summed E-state index contributed by atoms with van der Waals surface area (Å²) < 4.78 is 18.5. The SMILES string of the molecule is C=C(Cl)COc1cc(F)ccc1C(C)NC. The minimum absolute atomic E-state index is 0.0826. The predicted molar refractivity (Wildman–Crippen MR) is 64.4 cm³/mol. The summed E-state index contributed by atoms with van der Waals surface area (Å²) in [6.07, 6.45) is 0. The van der Waals surface area contributed by atoms with Crippen molar-refractivity contribution in [2.24, 2.45) is 0 Å². The summed E-state index contributed by atoms with van der Waals surface area (Å²) in [4.78, 5) is 0. The second kappa shape index (κ2) is 5.87. The van der Waals surface area contributed by atoms with Gasteiger partial charge in [-0.05, 0) is 20.0 Å². The molecule has 0 aromatic heterocycles. The van der Waals surface area contributed by atoms with Gasteiger partial charge in [0, 0.05) is 22.7 Å². The fourth-order valence-electron chi connectivity index (χ4n) is 1.30. The molecule has 2 nitrogen and oxygen atoms in total. The molecular weight excluding hydrogens is 229 g/mol. The highest BCUT2D eigenvalue weighted by atomic mass is 35.5. The van der Waals surface area contributed by atoms with E-state index < -0.39 is 0 Å². The van der Waals surface area contributed by atoms with Gasteiger partial charge in [-0.3, -0.25) is 0 Å². The third-order valence-electron chi connectivity index (χ3n) is 2.26. The van der Waals surface area contributed by atoms with Crippen molar-refractivity contribution in [3.63, 3.8) is 0 Å². The first-order valence-electron chi connectivity index (χ1n) is 4.97. The fraction of sp³-hybridized carbons (Fsp3) is 0.333. The Balaban J connectivity index is 2.93. The van der Waals surface area contributed by atoms with Crippen LogP contribution in [0.3, 0.4) is 0 Å². The van der Waals surface area contributed by atoms with Crippen LogP contribution >= 0.6 is 11.6 Å². The van der Waals surface area contributed by atoms with Gasteiger partial charge in [0.2, 0.25) is 0 Å². The van der Waals surface area contributed by atoms with E-state index in [4.69, 9.17) is 16.3 Å². The maximum Gasteiger partial charge on any atom is 0.127 e. The van der Waals surface area contributed by atoms with E-state index >= 15 is 0 Å². The van der Waals surface area contributed by atoms with Crippen LogP contribution in [0.25, 0.3) is 0 Å². The lowest BCUT2D eigenvalue weighted by Gasteiger charge is -2.16. The molecular formula is C12H15ClFNO. The number of benzene rings is 1. The Morgan fingerprint density at radius 3 is 2.88 bits per heavy atom. The molecule has 0 aliphatic heterocycles. The Morgan fingerprint density at radius 2 is 2.31 bits per heavy atom. The number of hydrogen-bond acceptors (Lipinski definition) is 2. The lowest BCUT2D eigenvalue weighted by Crippen LogP contribution is -2.14. The van der Waals surface area contributed by atoms with Gasteiger partial charge in [-0.25, -0.2) is 4.39 Å². The monoisotopic (exact) mass is 243 g/mol. The van der Waals surface area contributed by atoms with Crippen molar-refractivity contribution in [2.45, 2.75) is 13.0 Å². The van der Waals surface area contributed by atoms with Crippen LogP contribution in [0.4, 0.5) is 4.39 Å². The Hall–Kier alpha value is -1.06. The molecule has 0 fully saturated rings. The minimum Gasteiger partial charge on any atom is -0.488 e. The highest BCUT2D eigenvalue weighted by Gasteiger charge is 2.11. The minimum atomic E-state index is -0.331. The second-order valence-corrected chi connectivity index (χ2v) is 4.03. The van der Waals surface area contributed by atoms with Gasteiger partial charge in [-0.1, -0.05) is 24.2 Å². The highest BCUT2D eigenvalue weighted by molar-refractivity contribution is 6.29. The zero-order chi connectivity index (χ0) is 12.1. The molecule has 1 aromatic rings. The van der Waals surface area contributed by atoms with E-state index in [9.17, 15) is 4.39 Å². The molecule has 0 heterocycles. The number of nitrogens with one attached hydrogen (secondary N) is 1. The molecule has 1 rings (SSSR count). The molecule has 0 aliphatic carbocycles. The summed E-state index contributed by atoms with van der Waals surface area (Å²) >= 11 is 5.60. The summed E-state index contributed by atoms with van der Waals surface area (Å²) in [5.41, 5.74) is 0.891. The van der Waals surface area contributed by atoms with Crippen molar-refractivity contribution in [3.05, 3.63) is 41.2 Å². The normalized spacial score (nSPS) is 12.2. The van der Waals surface area contributed by atoms with Crippen LogP contribution in [0.15, 0.2) is 29.8 Å². The van der Waals surface area contributed by atoms with Crippen molar-refractivity contribution >= 4 is 11.6 Å². The number of halogens is 2. The summed E-state index contributed by atoms with van der Waals surface area (Å²) in [5.74, 6) is 0.158. The summed E-state index contributed by atoms with van der Waals surface area (Å²) in [5, 5.41) is 3.45. The lowest BCUT2D eigenvalue weighted by molar-refractivity contribution is 0.349. The molecule has 0 amide bonds. The Labute approximate surface area is 100 Å². The second-order valence-electron chi connectivity index (χ2n) is 3.50. The fourth-order valence-corrected chi connectivity index (χ4v) is 1.36. The van der Waals surface area contributed by atoms with Crippen LogP contribution in [0, 0.1) is 5.82 Å². The van der Waals surface area contributed by atoms with Crippen LogP contribution in [0.2, 0.25) is 0 Å². The molecule has 88 valence electrons. The largest absolute Gasteiger partial charge is 0.488 e. The summed E-state index contributed by atoms with van der Waals surface area (Å²) in [7, 11) is 1.83. The van der Waals surface area contributed by atoms with Crippen LogP contribution < -0.4 is 10.1 Å². The molecule has 1 aromatic carbocycles. The van der Waals surface area contributed by atoms with Crippen molar-refractivity contribution in [3.8, 4) is 5.75 Å². The molecule has 16 heavy (non-hydrogen) atoms. The lowest BCUT2D eigenvalue weighted by atomic mass is 10.1. The third-order valence-corrected chi connectivity index (χ3v) is 2.37. The molecule has 0 saturated heterocycles. The maximum absolute atomic E-state index is 13.1. The molecule has 0 saturated carbocycles. The summed E-state index contributed by atoms with van der Waals surface area (Å²) in [6, 6.07) is 4.54. The maximum atomic E-state index is 13.1. The average molecular weight is 244 g/mol. The van der Waals surface area contributed by atoms with Gasteiger partial charge >= 0.3 is 0 Å². The molecule has 0 bridgehead atoms. The topological polar surface area (TPSA) is 21.3 Å². The third kappa shape index (κ3) is 3.51. The Morgan fingerprint density at radius 1 is 1.62 bits per heavy atom. The van der Waals surface area contributed by atoms with Crippen molar-refractivity contribution < 1.29 is 9.13 Å². The van der Waals surface area contributed by atoms with E-state index in [-0.39, 0.29) is 18.5 Å². The zero-order valence-electron chi connectivity index (χ0n) is 9.39. The van der Waals surface area contributed by atoms with E-state index in [0.717, 1.165) is 5.56 Å². The van der Waals surface area contributed by atoms with E-state index in [0.29, 0.717) is 10.8 Å². The molecule has 1 unspecified atom stereocenters. The van der Waals surface area contributed by atoms with Crippen LogP contribution in [-0.2, 0) is 0 Å². The van der Waals surface area contributed by atoms with Gasteiger partial charge in [0.25, 0.3) is 0 Å². The van der Waals surface area contributed by atoms with E-state index in [1.165, 1.54) is 12.1 Å². The van der Waals surface area contributed by atoms with E-state index in [1.807, 2.05) is 14.0 Å². The van der Waals surface area contributed by atoms with Gasteiger partial charge in [-0.15, -0.1) is 0 Å². The Bertz CT molecular complexity index is 381.